The van der Waals surface area contributed by atoms with E-state index in [1.54, 1.807) is 51.1 Å². The zero-order valence-electron chi connectivity index (χ0n) is 16.7. The Balaban J connectivity index is 1.93. The van der Waals surface area contributed by atoms with Gasteiger partial charge in [0.05, 0.1) is 11.3 Å². The molecule has 5 nitrogen and oxygen atoms in total. The molecule has 0 bridgehead atoms. The van der Waals surface area contributed by atoms with Gasteiger partial charge in [-0.05, 0) is 63.6 Å². The normalized spacial score (nSPS) is 17.2. The summed E-state index contributed by atoms with van der Waals surface area (Å²) in [6.07, 6.45) is -0.313. The summed E-state index contributed by atoms with van der Waals surface area (Å²) in [6.45, 7) is 8.91. The van der Waals surface area contributed by atoms with Crippen LogP contribution in [-0.4, -0.2) is 23.5 Å². The van der Waals surface area contributed by atoms with Crippen LogP contribution in [0.25, 0.3) is 0 Å². The fourth-order valence-electron chi connectivity index (χ4n) is 2.46. The molecule has 1 N–H and O–H groups in total. The zero-order valence-corrected chi connectivity index (χ0v) is 17.5. The average molecular weight is 443 g/mol. The molecule has 30 heavy (non-hydrogen) atoms. The minimum atomic E-state index is -4.73. The summed E-state index contributed by atoms with van der Waals surface area (Å²) in [7, 11) is 0. The molecule has 1 atom stereocenters. The van der Waals surface area contributed by atoms with E-state index in [-0.39, 0.29) is 29.8 Å². The van der Waals surface area contributed by atoms with Gasteiger partial charge in [-0.25, -0.2) is 0 Å². The number of amides is 1. The Bertz CT molecular complexity index is 888. The highest BCUT2D eigenvalue weighted by Crippen LogP contribution is 2.26. The van der Waals surface area contributed by atoms with Gasteiger partial charge in [-0.3, -0.25) is 4.79 Å². The first-order chi connectivity index (χ1) is 13.9. The van der Waals surface area contributed by atoms with Crippen LogP contribution in [0.3, 0.4) is 0 Å². The molecule has 0 aromatic heterocycles. The van der Waals surface area contributed by atoms with Gasteiger partial charge in [0.15, 0.2) is 5.76 Å². The summed E-state index contributed by atoms with van der Waals surface area (Å²) in [5.74, 6) is -0.645. The smallest absolute Gasteiger partial charge is 0.406 e. The molecule has 0 radical (unpaired) electrons. The lowest BCUT2D eigenvalue weighted by molar-refractivity contribution is -0.303. The largest absolute Gasteiger partial charge is 0.573 e. The molecular weight excluding hydrogens is 421 g/mol. The Morgan fingerprint density at radius 2 is 1.90 bits per heavy atom. The lowest BCUT2D eigenvalue weighted by Gasteiger charge is -2.26. The predicted octanol–water partition coefficient (Wildman–Crippen LogP) is 5.75. The second-order valence-corrected chi connectivity index (χ2v) is 7.63. The fourth-order valence-corrected chi connectivity index (χ4v) is 2.58. The van der Waals surface area contributed by atoms with Gasteiger partial charge < -0.3 is 14.9 Å². The van der Waals surface area contributed by atoms with E-state index in [2.05, 4.69) is 21.8 Å². The summed E-state index contributed by atoms with van der Waals surface area (Å²) < 4.78 is 40.6. The molecule has 1 aromatic rings. The van der Waals surface area contributed by atoms with Crippen LogP contribution >= 0.6 is 11.6 Å². The van der Waals surface area contributed by atoms with Crippen molar-refractivity contribution in [2.75, 3.05) is 0 Å². The van der Waals surface area contributed by atoms with Crippen molar-refractivity contribution in [1.29, 1.82) is 0 Å². The third-order valence-electron chi connectivity index (χ3n) is 4.37. The molecule has 1 unspecified atom stereocenters. The molecule has 1 aromatic carbocycles. The van der Waals surface area contributed by atoms with E-state index >= 15 is 0 Å². The molecular formula is C21H22ClF3N2O3. The van der Waals surface area contributed by atoms with Crippen molar-refractivity contribution in [2.45, 2.75) is 39.1 Å². The van der Waals surface area contributed by atoms with Gasteiger partial charge in [0.1, 0.15) is 5.76 Å². The van der Waals surface area contributed by atoms with E-state index in [9.17, 15) is 18.0 Å². The minimum Gasteiger partial charge on any atom is -0.406 e. The number of halogens is 4. The number of allylic oxidation sites excluding steroid dienone is 3. The number of carbonyl (C=O) groups excluding carboxylic acids is 1. The van der Waals surface area contributed by atoms with Crippen molar-refractivity contribution in [1.82, 2.24) is 5.32 Å². The number of carbonyl (C=O) groups is 1. The number of nitrogens with one attached hydrogen (secondary N) is 1. The highest BCUT2D eigenvalue weighted by molar-refractivity contribution is 6.30. The minimum absolute atomic E-state index is 0.195. The van der Waals surface area contributed by atoms with Gasteiger partial charge >= 0.3 is 6.36 Å². The van der Waals surface area contributed by atoms with Crippen LogP contribution in [0.2, 0.25) is 5.02 Å². The monoisotopic (exact) mass is 442 g/mol. The Labute approximate surface area is 177 Å². The lowest BCUT2D eigenvalue weighted by Crippen LogP contribution is -2.45. The summed E-state index contributed by atoms with van der Waals surface area (Å²) in [5.41, 5.74) is 0.0294. The highest BCUT2D eigenvalue weighted by Gasteiger charge is 2.32. The van der Waals surface area contributed by atoms with Crippen molar-refractivity contribution in [2.24, 2.45) is 11.1 Å². The first-order valence-corrected chi connectivity index (χ1v) is 9.38. The quantitative estimate of drug-likeness (QED) is 0.332. The second-order valence-electron chi connectivity index (χ2n) is 7.19. The molecule has 0 heterocycles. The number of ether oxygens (including phenoxy) is 1. The Morgan fingerprint density at radius 3 is 2.43 bits per heavy atom. The lowest BCUT2D eigenvalue weighted by atomic mass is 9.96. The number of benzene rings is 1. The van der Waals surface area contributed by atoms with E-state index < -0.39 is 11.9 Å². The van der Waals surface area contributed by atoms with Crippen LogP contribution in [0.5, 0.6) is 0 Å². The molecule has 2 rings (SSSR count). The van der Waals surface area contributed by atoms with Crippen molar-refractivity contribution < 1.29 is 27.5 Å². The summed E-state index contributed by atoms with van der Waals surface area (Å²) in [4.78, 5) is 17.8. The topological polar surface area (TPSA) is 59.9 Å². The zero-order chi connectivity index (χ0) is 22.5. The maximum Gasteiger partial charge on any atom is 0.573 e. The molecule has 1 amide bonds. The van der Waals surface area contributed by atoms with Crippen LogP contribution in [0.1, 0.15) is 37.6 Å². The number of nitrogens with zero attached hydrogens (tertiary/aromatic N) is 1. The molecule has 0 spiro atoms. The van der Waals surface area contributed by atoms with Gasteiger partial charge in [0.25, 0.3) is 5.91 Å². The third-order valence-corrected chi connectivity index (χ3v) is 4.62. The van der Waals surface area contributed by atoms with Crippen LogP contribution < -0.4 is 5.32 Å². The average Bonchev–Trinajstić information content (AvgIpc) is 2.65. The number of oxime groups is 1. The first-order valence-electron chi connectivity index (χ1n) is 9.00. The summed E-state index contributed by atoms with van der Waals surface area (Å²) in [6, 6.07) is 6.41. The third kappa shape index (κ3) is 6.95. The molecule has 0 saturated heterocycles. The number of hydrogen-bond acceptors (Lipinski definition) is 4. The molecule has 1 aliphatic rings. The highest BCUT2D eigenvalue weighted by atomic mass is 35.5. The summed E-state index contributed by atoms with van der Waals surface area (Å²) >= 11 is 5.83. The van der Waals surface area contributed by atoms with E-state index in [4.69, 9.17) is 16.4 Å². The molecule has 0 saturated carbocycles. The van der Waals surface area contributed by atoms with Crippen LogP contribution in [0.4, 0.5) is 13.2 Å². The SMILES string of the molecule is C=C(O/N=C(\C)C1C=CC(OC(F)(F)F)=CC1)C(C)(C)NC(=O)c1ccc(Cl)cc1. The van der Waals surface area contributed by atoms with Crippen LogP contribution in [-0.2, 0) is 9.57 Å². The van der Waals surface area contributed by atoms with Gasteiger partial charge in [0.2, 0.25) is 0 Å². The standard InChI is InChI=1S/C21H22ClF3N2O3/c1-13(15-7-11-18(12-8-15)29-21(23,24)25)27-30-14(2)20(3,4)26-19(28)16-5-9-17(22)10-6-16/h5-7,9-12,15H,2,8H2,1,3-4H3,(H,26,28)/b27-13+. The van der Waals surface area contributed by atoms with Gasteiger partial charge in [0, 0.05) is 16.5 Å². The van der Waals surface area contributed by atoms with Crippen molar-refractivity contribution in [3.8, 4) is 0 Å². The maximum absolute atomic E-state index is 12.4. The Hall–Kier alpha value is -2.74. The first kappa shape index (κ1) is 23.5. The van der Waals surface area contributed by atoms with Crippen molar-refractivity contribution in [3.05, 3.63) is 71.2 Å². The Morgan fingerprint density at radius 1 is 1.27 bits per heavy atom. The second kappa shape index (κ2) is 9.38. The number of hydrogen-bond donors (Lipinski definition) is 1. The summed E-state index contributed by atoms with van der Waals surface area (Å²) in [5, 5.41) is 7.33. The van der Waals surface area contributed by atoms with E-state index in [0.29, 0.717) is 16.3 Å². The van der Waals surface area contributed by atoms with Gasteiger partial charge in [-0.2, -0.15) is 0 Å². The molecule has 162 valence electrons. The van der Waals surface area contributed by atoms with Crippen LogP contribution in [0, 0.1) is 5.92 Å². The van der Waals surface area contributed by atoms with Crippen LogP contribution in [0.15, 0.2) is 65.7 Å². The molecule has 0 fully saturated rings. The van der Waals surface area contributed by atoms with E-state index in [1.165, 1.54) is 12.2 Å². The van der Waals surface area contributed by atoms with Crippen molar-refractivity contribution in [3.63, 3.8) is 0 Å². The number of rotatable bonds is 7. The predicted molar refractivity (Wildman–Crippen MR) is 109 cm³/mol. The van der Waals surface area contributed by atoms with E-state index in [0.717, 1.165) is 0 Å². The van der Waals surface area contributed by atoms with Gasteiger partial charge in [-0.1, -0.05) is 29.4 Å². The molecule has 0 aliphatic heterocycles. The number of alkyl halides is 3. The maximum atomic E-state index is 12.4. The van der Waals surface area contributed by atoms with Crippen molar-refractivity contribution >= 4 is 23.2 Å². The van der Waals surface area contributed by atoms with Gasteiger partial charge in [-0.15, -0.1) is 13.2 Å². The van der Waals surface area contributed by atoms with E-state index in [1.807, 2.05) is 0 Å². The fraction of sp³-hybridized carbons (Fsp3) is 0.333. The Kier molecular flexibility index (Phi) is 7.36. The molecule has 9 heteroatoms. The molecule has 1 aliphatic carbocycles.